The predicted molar refractivity (Wildman–Crippen MR) is 282 cm³/mol. The Morgan fingerprint density at radius 1 is 0.435 bits per heavy atom. The summed E-state index contributed by atoms with van der Waals surface area (Å²) in [5.74, 6) is -0.238. The summed E-state index contributed by atoms with van der Waals surface area (Å²) in [4.78, 5) is 70.6. The van der Waals surface area contributed by atoms with E-state index in [1.54, 1.807) is 18.2 Å². The molecule has 0 bridgehead atoms. The molecule has 3 atom stereocenters. The van der Waals surface area contributed by atoms with Crippen LogP contribution in [0.1, 0.15) is 176 Å². The quantitative estimate of drug-likeness (QED) is 0.0227. The minimum atomic E-state index is -0.187. The number of carbonyl (C=O) groups is 6. The molecule has 9 heteroatoms. The van der Waals surface area contributed by atoms with Gasteiger partial charge in [0, 0.05) is 57.8 Å². The van der Waals surface area contributed by atoms with Crippen LogP contribution in [0, 0.1) is 0 Å². The minimum Gasteiger partial charge on any atom is -0.462 e. The van der Waals surface area contributed by atoms with Crippen LogP contribution < -0.4 is 0 Å². The molecule has 0 saturated heterocycles. The van der Waals surface area contributed by atoms with Gasteiger partial charge in [0.2, 0.25) is 0 Å². The molecule has 9 nitrogen and oxygen atoms in total. The van der Waals surface area contributed by atoms with E-state index in [1.807, 2.05) is 93.7 Å². The van der Waals surface area contributed by atoms with Gasteiger partial charge in [-0.15, -0.1) is 0 Å². The van der Waals surface area contributed by atoms with E-state index in [0.717, 1.165) is 74.5 Å². The number of hydrogen-bond acceptors (Lipinski definition) is 9. The number of ether oxygens (including phenoxy) is 3. The molecule has 0 amide bonds. The second-order valence-corrected chi connectivity index (χ2v) is 16.9. The molecule has 3 rings (SSSR count). The van der Waals surface area contributed by atoms with Crippen LogP contribution in [0.25, 0.3) is 0 Å². The topological polar surface area (TPSA) is 130 Å². The Labute approximate surface area is 415 Å². The van der Waals surface area contributed by atoms with Gasteiger partial charge < -0.3 is 14.2 Å². The lowest BCUT2D eigenvalue weighted by molar-refractivity contribution is -0.149. The second-order valence-electron chi connectivity index (χ2n) is 16.9. The predicted octanol–water partition coefficient (Wildman–Crippen LogP) is 14.5. The van der Waals surface area contributed by atoms with Crippen LogP contribution in [-0.4, -0.2) is 53.6 Å². The van der Waals surface area contributed by atoms with Crippen molar-refractivity contribution in [3.05, 3.63) is 144 Å². The fourth-order valence-corrected chi connectivity index (χ4v) is 7.02. The number of allylic oxidation sites excluding steroid dienone is 18. The molecule has 0 fully saturated rings. The average Bonchev–Trinajstić information content (AvgIpc) is 4.08. The van der Waals surface area contributed by atoms with E-state index in [2.05, 4.69) is 57.2 Å². The van der Waals surface area contributed by atoms with Crippen LogP contribution in [0.2, 0.25) is 0 Å². The zero-order valence-corrected chi connectivity index (χ0v) is 42.9. The van der Waals surface area contributed by atoms with Crippen molar-refractivity contribution in [2.75, 3.05) is 0 Å². The van der Waals surface area contributed by atoms with Gasteiger partial charge in [-0.05, 0) is 133 Å². The van der Waals surface area contributed by atoms with E-state index in [9.17, 15) is 28.8 Å². The third-order valence-electron chi connectivity index (χ3n) is 10.9. The molecule has 3 aliphatic rings. The smallest absolute Gasteiger partial charge is 0.306 e. The summed E-state index contributed by atoms with van der Waals surface area (Å²) in [6, 6.07) is 0. The number of ketones is 3. The van der Waals surface area contributed by atoms with Crippen LogP contribution in [0.3, 0.4) is 0 Å². The van der Waals surface area contributed by atoms with Crippen LogP contribution >= 0.6 is 0 Å². The number of hydrogen-bond donors (Lipinski definition) is 0. The van der Waals surface area contributed by atoms with Gasteiger partial charge in [0.15, 0.2) is 17.3 Å². The highest BCUT2D eigenvalue weighted by Gasteiger charge is 2.18. The summed E-state index contributed by atoms with van der Waals surface area (Å²) in [5.41, 5.74) is 2.41. The molecule has 378 valence electrons. The third kappa shape index (κ3) is 31.9. The van der Waals surface area contributed by atoms with E-state index >= 15 is 0 Å². The highest BCUT2D eigenvalue weighted by molar-refractivity contribution is 6.07. The first-order chi connectivity index (χ1) is 33.5. The molecule has 0 N–H and O–H groups in total. The molecule has 0 saturated carbocycles. The molecule has 3 unspecified atom stereocenters. The van der Waals surface area contributed by atoms with Crippen LogP contribution in [-0.2, 0) is 43.0 Å². The monoisotopic (exact) mass is 949 g/mol. The van der Waals surface area contributed by atoms with E-state index < -0.39 is 0 Å². The summed E-state index contributed by atoms with van der Waals surface area (Å²) in [5, 5.41) is 0. The fraction of sp³-hybridized carbons (Fsp3) is 0.500. The van der Waals surface area contributed by atoms with Gasteiger partial charge in [0.05, 0.1) is 0 Å². The van der Waals surface area contributed by atoms with Crippen molar-refractivity contribution in [3.8, 4) is 0 Å². The maximum Gasteiger partial charge on any atom is 0.306 e. The Balaban J connectivity index is 0.000000517. The number of esters is 3. The fourth-order valence-electron chi connectivity index (χ4n) is 7.02. The molecule has 0 aromatic carbocycles. The minimum absolute atomic E-state index is 0.0746. The maximum absolute atomic E-state index is 11.9. The molecule has 3 aliphatic carbocycles. The molecule has 0 aromatic rings. The van der Waals surface area contributed by atoms with Crippen molar-refractivity contribution in [1.82, 2.24) is 0 Å². The van der Waals surface area contributed by atoms with Crippen molar-refractivity contribution >= 4 is 35.3 Å². The second kappa shape index (κ2) is 41.3. The Morgan fingerprint density at radius 3 is 0.928 bits per heavy atom. The average molecular weight is 949 g/mol. The largest absolute Gasteiger partial charge is 0.462 e. The van der Waals surface area contributed by atoms with Crippen molar-refractivity contribution in [1.29, 1.82) is 0 Å². The van der Waals surface area contributed by atoms with E-state index in [1.165, 1.54) is 0 Å². The van der Waals surface area contributed by atoms with Gasteiger partial charge >= 0.3 is 17.9 Å². The van der Waals surface area contributed by atoms with Gasteiger partial charge in [-0.3, -0.25) is 28.8 Å². The van der Waals surface area contributed by atoms with Gasteiger partial charge in [-0.25, -0.2) is 0 Å². The Kier molecular flexibility index (Phi) is 36.7. The van der Waals surface area contributed by atoms with Crippen molar-refractivity contribution in [2.45, 2.75) is 195 Å². The van der Waals surface area contributed by atoms with Gasteiger partial charge in [0.1, 0.15) is 18.3 Å². The Hall–Kier alpha value is -5.70. The van der Waals surface area contributed by atoms with E-state index in [-0.39, 0.29) is 53.6 Å². The molecular weight excluding hydrogens is 865 g/mol. The highest BCUT2D eigenvalue weighted by atomic mass is 16.6. The summed E-state index contributed by atoms with van der Waals surface area (Å²) < 4.78 is 16.7. The number of unbranched alkanes of at least 4 members (excludes halogenated alkanes) is 3. The van der Waals surface area contributed by atoms with Gasteiger partial charge in [-0.1, -0.05) is 130 Å². The molecule has 0 aromatic heterocycles. The number of rotatable bonds is 30. The summed E-state index contributed by atoms with van der Waals surface area (Å²) in [6.07, 6.45) is 55.4. The first kappa shape index (κ1) is 61.3. The van der Waals surface area contributed by atoms with Gasteiger partial charge in [0.25, 0.3) is 0 Å². The molecule has 0 radical (unpaired) electrons. The molecule has 0 heterocycles. The SMILES string of the molecule is C/C=C\CCCC(=O)OC(C/C=C\CC)C/C=C1\CC=CC1=O.C/C=C\CCCC(=O)OC(C/C=C\CC)C/C=C1\CC=CC1=O.C/C=C\CCCC(=O)OC(C/C=C\CC)C/C=C1\CC=CC1=O. The lowest BCUT2D eigenvalue weighted by atomic mass is 10.1. The van der Waals surface area contributed by atoms with Crippen molar-refractivity contribution in [3.63, 3.8) is 0 Å². The van der Waals surface area contributed by atoms with E-state index in [0.29, 0.717) is 77.0 Å². The van der Waals surface area contributed by atoms with Crippen LogP contribution in [0.15, 0.2) is 144 Å². The lowest BCUT2D eigenvalue weighted by Gasteiger charge is -2.15. The Bertz CT molecular complexity index is 1700. The van der Waals surface area contributed by atoms with Gasteiger partial charge in [-0.2, -0.15) is 0 Å². The first-order valence-electron chi connectivity index (χ1n) is 25.6. The lowest BCUT2D eigenvalue weighted by Crippen LogP contribution is -2.17. The van der Waals surface area contributed by atoms with Crippen molar-refractivity contribution in [2.24, 2.45) is 0 Å². The van der Waals surface area contributed by atoms with Crippen molar-refractivity contribution < 1.29 is 43.0 Å². The first-order valence-corrected chi connectivity index (χ1v) is 25.6. The van der Waals surface area contributed by atoms with Crippen LogP contribution in [0.4, 0.5) is 0 Å². The third-order valence-corrected chi connectivity index (χ3v) is 10.9. The summed E-state index contributed by atoms with van der Waals surface area (Å²) in [7, 11) is 0. The number of carbonyl (C=O) groups excluding carboxylic acids is 6. The Morgan fingerprint density at radius 2 is 0.710 bits per heavy atom. The van der Waals surface area contributed by atoms with Crippen LogP contribution in [0.5, 0.6) is 0 Å². The molecular formula is C60H84O9. The zero-order valence-electron chi connectivity index (χ0n) is 42.9. The van der Waals surface area contributed by atoms with E-state index in [4.69, 9.17) is 14.2 Å². The normalized spacial score (nSPS) is 17.7. The standard InChI is InChI=1S/3C20H28O3/c3*1-3-5-7-9-14-20(22)23-18(12-8-6-4-2)16-15-17-11-10-13-19(17)21/h3*3,5-6,8,10,13,15,18H,4,7,9,11-12,14,16H2,1-2H3/b3*5-3-,8-6-,17-15+. The maximum atomic E-state index is 11.9. The molecule has 0 aliphatic heterocycles. The highest BCUT2D eigenvalue weighted by Crippen LogP contribution is 2.20. The molecule has 0 spiro atoms. The molecule has 69 heavy (non-hydrogen) atoms. The summed E-state index contributed by atoms with van der Waals surface area (Å²) in [6.45, 7) is 12.1. The zero-order chi connectivity index (χ0) is 50.7. The summed E-state index contributed by atoms with van der Waals surface area (Å²) >= 11 is 0.